The number of rotatable bonds is 2. The molecule has 1 N–H and O–H groups in total. The van der Waals surface area contributed by atoms with Crippen molar-refractivity contribution >= 4 is 16.9 Å². The van der Waals surface area contributed by atoms with Crippen LogP contribution in [0.4, 0.5) is 0 Å². The van der Waals surface area contributed by atoms with Gasteiger partial charge in [0.1, 0.15) is 0 Å². The van der Waals surface area contributed by atoms with E-state index in [1.54, 1.807) is 0 Å². The van der Waals surface area contributed by atoms with Gasteiger partial charge in [-0.25, -0.2) is 0 Å². The maximum Gasteiger partial charge on any atom is 0.314 e. The van der Waals surface area contributed by atoms with Gasteiger partial charge in [-0.2, -0.15) is 5.26 Å². The minimum Gasteiger partial charge on any atom is -0.469 e. The SMILES string of the molecule is COC(=O)[C@]1(CC#N)CC2c3cccc4[nH]cc(c34)C[C@H]2N(C)C1. The van der Waals surface area contributed by atoms with E-state index in [1.165, 1.54) is 23.6 Å². The Morgan fingerprint density at radius 2 is 2.38 bits per heavy atom. The molecule has 2 aliphatic rings. The summed E-state index contributed by atoms with van der Waals surface area (Å²) in [5.41, 5.74) is 3.05. The Labute approximate surface area is 141 Å². The Hall–Kier alpha value is -2.32. The largest absolute Gasteiger partial charge is 0.469 e. The molecule has 4 rings (SSSR count). The predicted molar refractivity (Wildman–Crippen MR) is 90.5 cm³/mol. The summed E-state index contributed by atoms with van der Waals surface area (Å²) in [5.74, 6) is -0.0235. The molecule has 124 valence electrons. The number of H-pyrrole nitrogens is 1. The number of hydrogen-bond donors (Lipinski definition) is 1. The number of fused-ring (bicyclic) bond motifs is 2. The fraction of sp³-hybridized carbons (Fsp3) is 0.474. The lowest BCUT2D eigenvalue weighted by molar-refractivity contribution is -0.157. The Morgan fingerprint density at radius 1 is 1.54 bits per heavy atom. The quantitative estimate of drug-likeness (QED) is 0.863. The van der Waals surface area contributed by atoms with E-state index in [1.807, 2.05) is 0 Å². The Kier molecular flexibility index (Phi) is 3.40. The normalized spacial score (nSPS) is 29.0. The van der Waals surface area contributed by atoms with Crippen molar-refractivity contribution in [3.63, 3.8) is 0 Å². The van der Waals surface area contributed by atoms with E-state index >= 15 is 0 Å². The summed E-state index contributed by atoms with van der Waals surface area (Å²) in [6.07, 6.45) is 3.95. The van der Waals surface area contributed by atoms with Crippen molar-refractivity contribution < 1.29 is 9.53 Å². The third kappa shape index (κ3) is 1.99. The molecule has 2 heterocycles. The zero-order chi connectivity index (χ0) is 16.9. The summed E-state index contributed by atoms with van der Waals surface area (Å²) in [5, 5.41) is 10.6. The van der Waals surface area contributed by atoms with Crippen LogP contribution in [0.25, 0.3) is 10.9 Å². The molecule has 1 saturated heterocycles. The number of hydrogen-bond acceptors (Lipinski definition) is 4. The van der Waals surface area contributed by atoms with Crippen LogP contribution in [0.5, 0.6) is 0 Å². The standard InChI is InChI=1S/C19H21N3O2/c1-22-11-19(6-7-20,18(23)24-2)9-14-13-4-3-5-15-17(13)12(10-21-15)8-16(14)22/h3-5,10,14,16,21H,6,8-9,11H2,1-2H3/t14?,16-,19-/m1/s1. The maximum absolute atomic E-state index is 12.5. The number of esters is 1. The van der Waals surface area contributed by atoms with Crippen molar-refractivity contribution in [1.29, 1.82) is 5.26 Å². The molecule has 0 amide bonds. The van der Waals surface area contributed by atoms with Crippen LogP contribution < -0.4 is 0 Å². The number of carbonyl (C=O) groups excluding carboxylic acids is 1. The van der Waals surface area contributed by atoms with Gasteiger partial charge < -0.3 is 14.6 Å². The average Bonchev–Trinajstić information content (AvgIpc) is 3.00. The molecule has 1 fully saturated rings. The number of likely N-dealkylation sites (N-methyl/N-ethyl adjacent to an activating group) is 1. The molecule has 0 spiro atoms. The van der Waals surface area contributed by atoms with Crippen LogP contribution in [-0.2, 0) is 16.0 Å². The first-order valence-corrected chi connectivity index (χ1v) is 8.34. The molecule has 1 unspecified atom stereocenters. The predicted octanol–water partition coefficient (Wildman–Crippen LogP) is 2.58. The number of ether oxygens (including phenoxy) is 1. The highest BCUT2D eigenvalue weighted by molar-refractivity contribution is 5.88. The van der Waals surface area contributed by atoms with Crippen LogP contribution in [-0.4, -0.2) is 42.6 Å². The van der Waals surface area contributed by atoms with E-state index in [9.17, 15) is 10.1 Å². The molecular formula is C19H21N3O2. The van der Waals surface area contributed by atoms with Gasteiger partial charge in [-0.05, 0) is 37.1 Å². The summed E-state index contributed by atoms with van der Waals surface area (Å²) in [6.45, 7) is 0.574. The lowest BCUT2D eigenvalue weighted by Crippen LogP contribution is -2.55. The van der Waals surface area contributed by atoms with Crippen LogP contribution >= 0.6 is 0 Å². The summed E-state index contributed by atoms with van der Waals surface area (Å²) in [7, 11) is 3.48. The number of nitrogens with one attached hydrogen (secondary N) is 1. The Balaban J connectivity index is 1.84. The molecule has 2 aromatic rings. The third-order valence-corrected chi connectivity index (χ3v) is 5.88. The second-order valence-corrected chi connectivity index (χ2v) is 7.19. The second-order valence-electron chi connectivity index (χ2n) is 7.19. The molecule has 0 saturated carbocycles. The molecular weight excluding hydrogens is 302 g/mol. The van der Waals surface area contributed by atoms with Gasteiger partial charge in [-0.1, -0.05) is 12.1 Å². The molecule has 5 heteroatoms. The number of aromatic nitrogens is 1. The molecule has 3 atom stereocenters. The topological polar surface area (TPSA) is 69.1 Å². The van der Waals surface area contributed by atoms with E-state index in [0.717, 1.165) is 11.9 Å². The molecule has 0 radical (unpaired) electrons. The van der Waals surface area contributed by atoms with Gasteiger partial charge in [0.25, 0.3) is 0 Å². The second kappa shape index (κ2) is 5.35. The Morgan fingerprint density at radius 3 is 3.12 bits per heavy atom. The van der Waals surface area contributed by atoms with Gasteiger partial charge in [-0.15, -0.1) is 0 Å². The van der Waals surface area contributed by atoms with Crippen molar-refractivity contribution in [3.8, 4) is 6.07 Å². The van der Waals surface area contributed by atoms with Gasteiger partial charge >= 0.3 is 5.97 Å². The fourth-order valence-electron chi connectivity index (χ4n) is 4.84. The highest BCUT2D eigenvalue weighted by Crippen LogP contribution is 2.49. The van der Waals surface area contributed by atoms with Crippen molar-refractivity contribution in [3.05, 3.63) is 35.5 Å². The van der Waals surface area contributed by atoms with Crippen LogP contribution in [0.15, 0.2) is 24.4 Å². The smallest absolute Gasteiger partial charge is 0.314 e. The van der Waals surface area contributed by atoms with E-state index in [-0.39, 0.29) is 18.3 Å². The van der Waals surface area contributed by atoms with E-state index in [2.05, 4.69) is 47.4 Å². The number of likely N-dealkylation sites (tertiary alicyclic amines) is 1. The molecule has 1 aliphatic carbocycles. The van der Waals surface area contributed by atoms with Crippen molar-refractivity contribution in [2.75, 3.05) is 20.7 Å². The molecule has 1 aromatic heterocycles. The number of aromatic amines is 1. The lowest BCUT2D eigenvalue weighted by Gasteiger charge is -2.49. The minimum absolute atomic E-state index is 0.198. The van der Waals surface area contributed by atoms with Gasteiger partial charge in [0.2, 0.25) is 0 Å². The van der Waals surface area contributed by atoms with Gasteiger partial charge in [-0.3, -0.25) is 4.79 Å². The highest BCUT2D eigenvalue weighted by atomic mass is 16.5. The monoisotopic (exact) mass is 323 g/mol. The molecule has 5 nitrogen and oxygen atoms in total. The number of piperidine rings is 1. The lowest BCUT2D eigenvalue weighted by atomic mass is 9.65. The number of carbonyl (C=O) groups is 1. The zero-order valence-corrected chi connectivity index (χ0v) is 14.0. The van der Waals surface area contributed by atoms with E-state index in [4.69, 9.17) is 4.74 Å². The first-order valence-electron chi connectivity index (χ1n) is 8.34. The van der Waals surface area contributed by atoms with Crippen molar-refractivity contribution in [1.82, 2.24) is 9.88 Å². The molecule has 1 aliphatic heterocycles. The number of nitriles is 1. The number of methoxy groups -OCH3 is 1. The van der Waals surface area contributed by atoms with Gasteiger partial charge in [0.05, 0.1) is 25.0 Å². The van der Waals surface area contributed by atoms with E-state index in [0.29, 0.717) is 19.0 Å². The summed E-state index contributed by atoms with van der Waals surface area (Å²) in [4.78, 5) is 18.1. The molecule has 24 heavy (non-hydrogen) atoms. The van der Waals surface area contributed by atoms with Crippen molar-refractivity contribution in [2.45, 2.75) is 31.2 Å². The zero-order valence-electron chi connectivity index (χ0n) is 14.0. The first-order chi connectivity index (χ1) is 11.6. The highest BCUT2D eigenvalue weighted by Gasteiger charge is 2.51. The van der Waals surface area contributed by atoms with Crippen LogP contribution in [0.1, 0.15) is 29.9 Å². The maximum atomic E-state index is 12.5. The summed E-state index contributed by atoms with van der Waals surface area (Å²) in [6, 6.07) is 8.91. The number of benzene rings is 1. The van der Waals surface area contributed by atoms with E-state index < -0.39 is 5.41 Å². The first kappa shape index (κ1) is 15.2. The van der Waals surface area contributed by atoms with Crippen LogP contribution in [0, 0.1) is 16.7 Å². The summed E-state index contributed by atoms with van der Waals surface area (Å²) >= 11 is 0. The summed E-state index contributed by atoms with van der Waals surface area (Å²) < 4.78 is 5.08. The average molecular weight is 323 g/mol. The van der Waals surface area contributed by atoms with Crippen LogP contribution in [0.3, 0.4) is 0 Å². The van der Waals surface area contributed by atoms with Crippen molar-refractivity contribution in [2.24, 2.45) is 5.41 Å². The van der Waals surface area contributed by atoms with Gasteiger partial charge in [0.15, 0.2) is 0 Å². The number of nitrogens with zero attached hydrogens (tertiary/aromatic N) is 2. The molecule has 1 aromatic carbocycles. The van der Waals surface area contributed by atoms with Gasteiger partial charge in [0, 0.05) is 35.6 Å². The Bertz CT molecular complexity index is 850. The molecule has 0 bridgehead atoms. The third-order valence-electron chi connectivity index (χ3n) is 5.88. The fourth-order valence-corrected chi connectivity index (χ4v) is 4.84. The van der Waals surface area contributed by atoms with Crippen LogP contribution in [0.2, 0.25) is 0 Å². The minimum atomic E-state index is -0.741.